The lowest BCUT2D eigenvalue weighted by molar-refractivity contribution is -0.161. The summed E-state index contributed by atoms with van der Waals surface area (Å²) >= 11 is 0. The number of rotatable bonds is 71. The van der Waals surface area contributed by atoms with Crippen LogP contribution < -0.4 is 0 Å². The molecule has 0 spiro atoms. The fourth-order valence-corrected chi connectivity index (χ4v) is 12.8. The second-order valence-corrected chi connectivity index (χ2v) is 31.5. The maximum Gasteiger partial charge on any atom is 0.472 e. The number of aliphatic hydroxyl groups is 1. The number of carbonyl (C=O) groups excluding carboxylic acids is 4. The number of phosphoric ester groups is 2. The molecule has 5 atom stereocenters. The molecule has 17 nitrogen and oxygen atoms in total. The van der Waals surface area contributed by atoms with Crippen molar-refractivity contribution in [1.29, 1.82) is 0 Å². The van der Waals surface area contributed by atoms with Crippen LogP contribution in [0.2, 0.25) is 0 Å². The maximum atomic E-state index is 13.1. The highest BCUT2D eigenvalue weighted by Gasteiger charge is 2.30. The molecule has 0 bridgehead atoms. The summed E-state index contributed by atoms with van der Waals surface area (Å²) in [6.45, 7) is 14.1. The summed E-state index contributed by atoms with van der Waals surface area (Å²) in [5.41, 5.74) is 0. The van der Waals surface area contributed by atoms with Crippen LogP contribution in [-0.2, 0) is 65.4 Å². The first kappa shape index (κ1) is 91.1. The summed E-state index contributed by atoms with van der Waals surface area (Å²) in [6, 6.07) is 0. The molecular weight excluding hydrogens is 1220 g/mol. The Kier molecular flexibility index (Phi) is 62.2. The van der Waals surface area contributed by atoms with Crippen LogP contribution in [0.15, 0.2) is 0 Å². The predicted molar refractivity (Wildman–Crippen MR) is 377 cm³/mol. The van der Waals surface area contributed by atoms with Gasteiger partial charge in [0.2, 0.25) is 0 Å². The normalized spacial score (nSPS) is 14.2. The fourth-order valence-electron chi connectivity index (χ4n) is 11.2. The Morgan fingerprint density at radius 3 is 0.667 bits per heavy atom. The third-order valence-electron chi connectivity index (χ3n) is 17.1. The molecule has 0 radical (unpaired) electrons. The van der Waals surface area contributed by atoms with E-state index < -0.39 is 97.5 Å². The molecule has 3 unspecified atom stereocenters. The molecule has 552 valence electrons. The van der Waals surface area contributed by atoms with Gasteiger partial charge in [0.1, 0.15) is 19.3 Å². The topological polar surface area (TPSA) is 237 Å². The van der Waals surface area contributed by atoms with Gasteiger partial charge in [-0.25, -0.2) is 9.13 Å². The van der Waals surface area contributed by atoms with Crippen LogP contribution in [0.1, 0.15) is 370 Å². The molecule has 0 aromatic carbocycles. The molecule has 0 aliphatic carbocycles. The van der Waals surface area contributed by atoms with Gasteiger partial charge in [0.25, 0.3) is 0 Å². The van der Waals surface area contributed by atoms with Gasteiger partial charge in [-0.15, -0.1) is 0 Å². The average Bonchev–Trinajstić information content (AvgIpc) is 2.07. The number of carbonyl (C=O) groups is 4. The van der Waals surface area contributed by atoms with E-state index in [2.05, 4.69) is 55.4 Å². The highest BCUT2D eigenvalue weighted by molar-refractivity contribution is 7.47. The lowest BCUT2D eigenvalue weighted by atomic mass is 10.0. The van der Waals surface area contributed by atoms with Crippen LogP contribution in [0.3, 0.4) is 0 Å². The van der Waals surface area contributed by atoms with Gasteiger partial charge >= 0.3 is 39.5 Å². The molecule has 0 heterocycles. The second-order valence-electron chi connectivity index (χ2n) is 28.6. The van der Waals surface area contributed by atoms with Crippen LogP contribution in [0.5, 0.6) is 0 Å². The number of aliphatic hydroxyl groups excluding tert-OH is 1. The molecule has 0 saturated heterocycles. The molecular formula is C74H144O17P2. The van der Waals surface area contributed by atoms with Crippen LogP contribution >= 0.6 is 15.6 Å². The summed E-state index contributed by atoms with van der Waals surface area (Å²) in [4.78, 5) is 72.7. The minimum absolute atomic E-state index is 0.103. The predicted octanol–water partition coefficient (Wildman–Crippen LogP) is 21.3. The third kappa shape index (κ3) is 68.4. The summed E-state index contributed by atoms with van der Waals surface area (Å²) in [6.07, 6.45) is 47.4. The number of hydrogen-bond acceptors (Lipinski definition) is 15. The Balaban J connectivity index is 5.20. The zero-order chi connectivity index (χ0) is 68.9. The molecule has 0 amide bonds. The smallest absolute Gasteiger partial charge is 0.462 e. The molecule has 0 aromatic rings. The Labute approximate surface area is 568 Å². The van der Waals surface area contributed by atoms with E-state index >= 15 is 0 Å². The van der Waals surface area contributed by atoms with Crippen LogP contribution in [-0.4, -0.2) is 96.7 Å². The van der Waals surface area contributed by atoms with E-state index in [1.807, 2.05) is 0 Å². The number of esters is 4. The van der Waals surface area contributed by atoms with Crippen molar-refractivity contribution >= 4 is 39.5 Å². The Morgan fingerprint density at radius 1 is 0.269 bits per heavy atom. The zero-order valence-electron chi connectivity index (χ0n) is 60.9. The SMILES string of the molecule is CC(C)CCCCCCCCCCCCCCCCCCC(=O)OC[C@H](COP(=O)(O)OCC(O)COP(=O)(O)OC[C@@H](COC(=O)CCCCCCCCCCC(C)C)OC(=O)CCCCCCCCCCC(C)C)OC(=O)CCCCCCCCCCCC(C)C. The highest BCUT2D eigenvalue weighted by Crippen LogP contribution is 2.45. The molecule has 3 N–H and O–H groups in total. The van der Waals surface area contributed by atoms with E-state index in [-0.39, 0.29) is 25.7 Å². The van der Waals surface area contributed by atoms with E-state index in [9.17, 15) is 43.2 Å². The van der Waals surface area contributed by atoms with Gasteiger partial charge in [-0.2, -0.15) is 0 Å². The summed E-state index contributed by atoms with van der Waals surface area (Å²) < 4.78 is 68.4. The van der Waals surface area contributed by atoms with Gasteiger partial charge in [-0.3, -0.25) is 37.3 Å². The molecule has 0 aliphatic heterocycles. The summed E-state index contributed by atoms with van der Waals surface area (Å²) in [5.74, 6) is 0.867. The molecule has 0 aromatic heterocycles. The Hall–Kier alpha value is -1.94. The molecule has 0 rings (SSSR count). The minimum Gasteiger partial charge on any atom is -0.462 e. The monoisotopic (exact) mass is 1370 g/mol. The number of ether oxygens (including phenoxy) is 4. The van der Waals surface area contributed by atoms with Crippen molar-refractivity contribution in [3.05, 3.63) is 0 Å². The fraction of sp³-hybridized carbons (Fsp3) is 0.946. The minimum atomic E-state index is -4.96. The van der Waals surface area contributed by atoms with Gasteiger partial charge in [-0.1, -0.05) is 319 Å². The van der Waals surface area contributed by atoms with Crippen molar-refractivity contribution in [3.63, 3.8) is 0 Å². The van der Waals surface area contributed by atoms with E-state index in [4.69, 9.17) is 37.0 Å². The number of hydrogen-bond donors (Lipinski definition) is 3. The maximum absolute atomic E-state index is 13.1. The van der Waals surface area contributed by atoms with Gasteiger partial charge in [0, 0.05) is 25.7 Å². The first-order valence-electron chi connectivity index (χ1n) is 38.2. The number of phosphoric acid groups is 2. The second kappa shape index (κ2) is 63.5. The van der Waals surface area contributed by atoms with Gasteiger partial charge in [-0.05, 0) is 49.4 Å². The van der Waals surface area contributed by atoms with E-state index in [1.165, 1.54) is 173 Å². The summed E-state index contributed by atoms with van der Waals surface area (Å²) in [7, 11) is -9.91. The van der Waals surface area contributed by atoms with Gasteiger partial charge in [0.05, 0.1) is 26.4 Å². The lowest BCUT2D eigenvalue weighted by Crippen LogP contribution is -2.30. The zero-order valence-corrected chi connectivity index (χ0v) is 62.7. The largest absolute Gasteiger partial charge is 0.472 e. The van der Waals surface area contributed by atoms with E-state index in [0.717, 1.165) is 114 Å². The Bertz CT molecular complexity index is 1830. The van der Waals surface area contributed by atoms with Crippen LogP contribution in [0.25, 0.3) is 0 Å². The van der Waals surface area contributed by atoms with Crippen molar-refractivity contribution in [2.45, 2.75) is 388 Å². The van der Waals surface area contributed by atoms with Crippen molar-refractivity contribution in [1.82, 2.24) is 0 Å². The van der Waals surface area contributed by atoms with Crippen LogP contribution in [0, 0.1) is 23.7 Å². The number of unbranched alkanes of at least 4 members (excludes halogenated alkanes) is 37. The van der Waals surface area contributed by atoms with Crippen molar-refractivity contribution in [2.75, 3.05) is 39.6 Å². The highest BCUT2D eigenvalue weighted by atomic mass is 31.2. The molecule has 93 heavy (non-hydrogen) atoms. The lowest BCUT2D eigenvalue weighted by Gasteiger charge is -2.21. The molecule has 0 saturated carbocycles. The first-order valence-corrected chi connectivity index (χ1v) is 41.2. The third-order valence-corrected chi connectivity index (χ3v) is 19.0. The molecule has 0 fully saturated rings. The molecule has 19 heteroatoms. The Morgan fingerprint density at radius 2 is 0.452 bits per heavy atom. The van der Waals surface area contributed by atoms with Crippen LogP contribution in [0.4, 0.5) is 0 Å². The molecule has 0 aliphatic rings. The summed E-state index contributed by atoms with van der Waals surface area (Å²) in [5, 5.41) is 10.6. The van der Waals surface area contributed by atoms with Crippen molar-refractivity contribution < 1.29 is 80.2 Å². The first-order chi connectivity index (χ1) is 44.6. The standard InChI is InChI=1S/C74H144O17P2/c1-64(2)50-42-34-26-18-15-13-11-9-10-12-14-16-20-30-38-46-54-71(76)84-60-69(90-73(78)56-48-40-32-21-17-19-27-35-43-51-65(3)4)62-88-92(80,81)86-58-68(75)59-87-93(82,83)89-63-70(91-74(79)57-49-41-33-25-23-29-37-45-53-67(7)8)61-85-72(77)55-47-39-31-24-22-28-36-44-52-66(5)6/h64-70,75H,9-63H2,1-8H3,(H,80,81)(H,82,83)/t68?,69-,70-/m1/s1. The van der Waals surface area contributed by atoms with Crippen molar-refractivity contribution in [2.24, 2.45) is 23.7 Å². The quantitative estimate of drug-likeness (QED) is 0.0222. The van der Waals surface area contributed by atoms with E-state index in [1.54, 1.807) is 0 Å². The van der Waals surface area contributed by atoms with E-state index in [0.29, 0.717) is 25.7 Å². The average molecular weight is 1370 g/mol. The van der Waals surface area contributed by atoms with Crippen molar-refractivity contribution in [3.8, 4) is 0 Å². The van der Waals surface area contributed by atoms with Gasteiger partial charge < -0.3 is 33.8 Å². The van der Waals surface area contributed by atoms with Gasteiger partial charge in [0.15, 0.2) is 12.2 Å².